The van der Waals surface area contributed by atoms with Crippen molar-refractivity contribution in [3.05, 3.63) is 52.4 Å². The number of pyridine rings is 1. The molecule has 3 N–H and O–H groups in total. The number of halogens is 2. The van der Waals surface area contributed by atoms with E-state index in [4.69, 9.17) is 10.6 Å². The molecule has 0 radical (unpaired) electrons. The van der Waals surface area contributed by atoms with Crippen molar-refractivity contribution in [1.29, 1.82) is 0 Å². The van der Waals surface area contributed by atoms with Crippen LogP contribution in [0.1, 0.15) is 5.56 Å². The van der Waals surface area contributed by atoms with Crippen molar-refractivity contribution in [2.24, 2.45) is 5.84 Å². The van der Waals surface area contributed by atoms with E-state index in [1.165, 1.54) is 6.07 Å². The first-order chi connectivity index (χ1) is 8.69. The van der Waals surface area contributed by atoms with E-state index in [1.54, 1.807) is 24.4 Å². The molecule has 2 rings (SSSR count). The predicted molar refractivity (Wildman–Crippen MR) is 70.5 cm³/mol. The van der Waals surface area contributed by atoms with E-state index in [2.05, 4.69) is 26.3 Å². The number of aromatic nitrogens is 1. The number of nitrogen functional groups attached to an aromatic ring is 1. The van der Waals surface area contributed by atoms with Crippen LogP contribution in [0.5, 0.6) is 5.75 Å². The molecule has 18 heavy (non-hydrogen) atoms. The Morgan fingerprint density at radius 1 is 1.33 bits per heavy atom. The van der Waals surface area contributed by atoms with Crippen LogP contribution in [0.25, 0.3) is 0 Å². The molecule has 0 aliphatic carbocycles. The summed E-state index contributed by atoms with van der Waals surface area (Å²) >= 11 is 3.10. The second-order valence-electron chi connectivity index (χ2n) is 3.56. The molecule has 0 amide bonds. The van der Waals surface area contributed by atoms with E-state index >= 15 is 0 Å². The lowest BCUT2D eigenvalue weighted by molar-refractivity contribution is 0.305. The van der Waals surface area contributed by atoms with Crippen molar-refractivity contribution in [2.45, 2.75) is 6.61 Å². The molecule has 0 aliphatic rings. The van der Waals surface area contributed by atoms with E-state index in [-0.39, 0.29) is 5.82 Å². The maximum atomic E-state index is 13.0. The molecule has 1 heterocycles. The Morgan fingerprint density at radius 2 is 2.17 bits per heavy atom. The van der Waals surface area contributed by atoms with Gasteiger partial charge in [0.2, 0.25) is 0 Å². The van der Waals surface area contributed by atoms with Gasteiger partial charge in [-0.3, -0.25) is 0 Å². The second kappa shape index (κ2) is 5.79. The molecule has 6 heteroatoms. The van der Waals surface area contributed by atoms with Gasteiger partial charge in [0.15, 0.2) is 0 Å². The van der Waals surface area contributed by atoms with Crippen molar-refractivity contribution in [1.82, 2.24) is 4.98 Å². The summed E-state index contributed by atoms with van der Waals surface area (Å²) in [5.41, 5.74) is 3.37. The zero-order chi connectivity index (χ0) is 13.0. The fourth-order valence-electron chi connectivity index (χ4n) is 1.38. The van der Waals surface area contributed by atoms with Gasteiger partial charge in [-0.05, 0) is 51.8 Å². The van der Waals surface area contributed by atoms with Crippen molar-refractivity contribution in [3.63, 3.8) is 0 Å². The number of benzene rings is 1. The molecule has 0 atom stereocenters. The lowest BCUT2D eigenvalue weighted by atomic mass is 10.3. The highest BCUT2D eigenvalue weighted by molar-refractivity contribution is 9.10. The van der Waals surface area contributed by atoms with Gasteiger partial charge in [0.1, 0.15) is 24.0 Å². The Hall–Kier alpha value is -1.66. The summed E-state index contributed by atoms with van der Waals surface area (Å²) in [7, 11) is 0. The molecular formula is C12H11BrFN3O. The first-order valence-corrected chi connectivity index (χ1v) is 5.98. The molecule has 0 aliphatic heterocycles. The molecule has 0 fully saturated rings. The monoisotopic (exact) mass is 311 g/mol. The Labute approximate surface area is 112 Å². The normalized spacial score (nSPS) is 10.2. The number of hydrogen-bond donors (Lipinski definition) is 2. The number of ether oxygens (including phenoxy) is 1. The summed E-state index contributed by atoms with van der Waals surface area (Å²) < 4.78 is 18.9. The molecule has 0 saturated heterocycles. The quantitative estimate of drug-likeness (QED) is 0.673. The molecule has 1 aromatic heterocycles. The van der Waals surface area contributed by atoms with Crippen LogP contribution in [0.15, 0.2) is 41.0 Å². The number of nitrogens with zero attached hydrogens (tertiary/aromatic N) is 1. The van der Waals surface area contributed by atoms with Crippen molar-refractivity contribution >= 4 is 21.7 Å². The lowest BCUT2D eigenvalue weighted by Gasteiger charge is -2.08. The van der Waals surface area contributed by atoms with Crippen LogP contribution < -0.4 is 16.0 Å². The van der Waals surface area contributed by atoms with E-state index in [1.807, 2.05) is 6.07 Å². The number of nitrogens with one attached hydrogen (secondary N) is 1. The van der Waals surface area contributed by atoms with Crippen LogP contribution >= 0.6 is 15.9 Å². The van der Waals surface area contributed by atoms with Crippen molar-refractivity contribution < 1.29 is 9.13 Å². The zero-order valence-electron chi connectivity index (χ0n) is 9.36. The molecule has 0 unspecified atom stereocenters. The van der Waals surface area contributed by atoms with E-state index in [9.17, 15) is 4.39 Å². The van der Waals surface area contributed by atoms with Gasteiger partial charge < -0.3 is 10.2 Å². The van der Waals surface area contributed by atoms with Crippen LogP contribution in [0.2, 0.25) is 0 Å². The second-order valence-corrected chi connectivity index (χ2v) is 4.41. The third kappa shape index (κ3) is 3.18. The maximum absolute atomic E-state index is 13.0. The van der Waals surface area contributed by atoms with Crippen LogP contribution in [-0.2, 0) is 6.61 Å². The third-order valence-corrected chi connectivity index (χ3v) is 2.88. The molecule has 0 saturated carbocycles. The maximum Gasteiger partial charge on any atom is 0.140 e. The smallest absolute Gasteiger partial charge is 0.140 e. The summed E-state index contributed by atoms with van der Waals surface area (Å²) in [6, 6.07) is 8.10. The minimum Gasteiger partial charge on any atom is -0.489 e. The van der Waals surface area contributed by atoms with Crippen molar-refractivity contribution in [3.8, 4) is 5.75 Å². The van der Waals surface area contributed by atoms with Crippen LogP contribution in [0, 0.1) is 5.82 Å². The highest BCUT2D eigenvalue weighted by atomic mass is 79.9. The van der Waals surface area contributed by atoms with Gasteiger partial charge in [0.05, 0.1) is 4.47 Å². The highest BCUT2D eigenvalue weighted by Gasteiger charge is 2.02. The van der Waals surface area contributed by atoms with Crippen molar-refractivity contribution in [2.75, 3.05) is 5.43 Å². The van der Waals surface area contributed by atoms with E-state index in [0.717, 1.165) is 5.56 Å². The van der Waals surface area contributed by atoms with Gasteiger partial charge in [0, 0.05) is 6.20 Å². The summed E-state index contributed by atoms with van der Waals surface area (Å²) in [5, 5.41) is 0. The number of hydrogen-bond acceptors (Lipinski definition) is 4. The third-order valence-electron chi connectivity index (χ3n) is 2.27. The van der Waals surface area contributed by atoms with Gasteiger partial charge in [0.25, 0.3) is 0 Å². The minimum absolute atomic E-state index is 0.319. The van der Waals surface area contributed by atoms with Gasteiger partial charge in [-0.2, -0.15) is 0 Å². The standard InChI is InChI=1S/C12H11BrFN3O/c13-10-6-9(1-2-11(10)14)18-7-8-3-4-16-12(5-8)17-15/h1-6H,7,15H2,(H,16,17). The number of hydrazine groups is 1. The topological polar surface area (TPSA) is 60.2 Å². The number of anilines is 1. The molecule has 4 nitrogen and oxygen atoms in total. The molecule has 1 aromatic carbocycles. The van der Waals surface area contributed by atoms with Gasteiger partial charge in [-0.25, -0.2) is 15.2 Å². The van der Waals surface area contributed by atoms with Gasteiger partial charge >= 0.3 is 0 Å². The van der Waals surface area contributed by atoms with Crippen LogP contribution in [-0.4, -0.2) is 4.98 Å². The fourth-order valence-corrected chi connectivity index (χ4v) is 1.73. The van der Waals surface area contributed by atoms with E-state index in [0.29, 0.717) is 22.6 Å². The Kier molecular flexibility index (Phi) is 4.11. The Balaban J connectivity index is 2.04. The average Bonchev–Trinajstić information content (AvgIpc) is 2.40. The van der Waals surface area contributed by atoms with Crippen LogP contribution in [0.4, 0.5) is 10.2 Å². The van der Waals surface area contributed by atoms with Gasteiger partial charge in [-0.1, -0.05) is 0 Å². The molecular weight excluding hydrogens is 301 g/mol. The lowest BCUT2D eigenvalue weighted by Crippen LogP contribution is -2.09. The zero-order valence-corrected chi connectivity index (χ0v) is 10.9. The molecule has 94 valence electrons. The van der Waals surface area contributed by atoms with Gasteiger partial charge in [-0.15, -0.1) is 0 Å². The fraction of sp³-hybridized carbons (Fsp3) is 0.0833. The van der Waals surface area contributed by atoms with Crippen LogP contribution in [0.3, 0.4) is 0 Å². The average molecular weight is 312 g/mol. The number of rotatable bonds is 4. The summed E-state index contributed by atoms with van der Waals surface area (Å²) in [5.74, 6) is 6.09. The molecule has 0 bridgehead atoms. The SMILES string of the molecule is NNc1cc(COc2ccc(F)c(Br)c2)ccn1. The summed E-state index contributed by atoms with van der Waals surface area (Å²) in [4.78, 5) is 3.99. The minimum atomic E-state index is -0.319. The highest BCUT2D eigenvalue weighted by Crippen LogP contribution is 2.22. The summed E-state index contributed by atoms with van der Waals surface area (Å²) in [6.45, 7) is 0.356. The molecule has 2 aromatic rings. The first kappa shape index (κ1) is 12.8. The van der Waals surface area contributed by atoms with E-state index < -0.39 is 0 Å². The largest absolute Gasteiger partial charge is 0.489 e. The number of nitrogens with two attached hydrogens (primary N) is 1. The first-order valence-electron chi connectivity index (χ1n) is 5.18. The molecule has 0 spiro atoms. The summed E-state index contributed by atoms with van der Waals surface area (Å²) in [6.07, 6.45) is 1.63. The Bertz CT molecular complexity index is 551. The predicted octanol–water partition coefficient (Wildman–Crippen LogP) is 2.85. The Morgan fingerprint density at radius 3 is 2.89 bits per heavy atom.